The number of carbonyl (C=O) groups is 3. The number of aldehydes is 1. The summed E-state index contributed by atoms with van der Waals surface area (Å²) in [5.41, 5.74) is 0.436. The van der Waals surface area contributed by atoms with Crippen molar-refractivity contribution < 1.29 is 52.0 Å². The summed E-state index contributed by atoms with van der Waals surface area (Å²) in [6.45, 7) is 3.28. The zero-order valence-corrected chi connectivity index (χ0v) is 25.3. The Morgan fingerprint density at radius 2 is 1.98 bits per heavy atom. The number of methoxy groups -OCH3 is 1. The van der Waals surface area contributed by atoms with Crippen LogP contribution < -0.4 is 14.8 Å². The fourth-order valence-corrected chi connectivity index (χ4v) is 6.68. The minimum Gasteiger partial charge on any atom is -0.493 e. The summed E-state index contributed by atoms with van der Waals surface area (Å²) in [6.07, 6.45) is -3.86. The molecule has 1 heterocycles. The zero-order chi connectivity index (χ0) is 32.3. The van der Waals surface area contributed by atoms with Crippen LogP contribution in [-0.4, -0.2) is 97.2 Å². The average molecular weight is 627 g/mol. The predicted molar refractivity (Wildman–Crippen MR) is 152 cm³/mol. The molecule has 1 saturated carbocycles. The van der Waals surface area contributed by atoms with E-state index in [1.54, 1.807) is 0 Å². The molecule has 3 N–H and O–H groups in total. The van der Waals surface area contributed by atoms with Gasteiger partial charge in [0.2, 0.25) is 11.8 Å². The largest absolute Gasteiger partial charge is 0.493 e. The molecule has 1 fully saturated rings. The number of hydrogen-bond donors (Lipinski definition) is 3. The van der Waals surface area contributed by atoms with Crippen molar-refractivity contribution in [1.29, 1.82) is 0 Å². The molecule has 1 aromatic rings. The van der Waals surface area contributed by atoms with Crippen LogP contribution in [-0.2, 0) is 14.3 Å². The lowest BCUT2D eigenvalue weighted by atomic mass is 9.75. The van der Waals surface area contributed by atoms with Gasteiger partial charge in [-0.2, -0.15) is 13.2 Å². The second-order valence-corrected chi connectivity index (χ2v) is 12.2. The number of alkyl halides is 3. The SMILES string of the molecule is COc1cc(C=O)cc2c1O[C@@H]1[C@@H](O)[C@H](N(CC(F)(F)F)C(=O)CO[C@H]3C[C@@H](C)CC[C@@H]3C(C)C)C=C(C(=O)NCCO)[C@H]21. The molecule has 13 heteroatoms. The molecule has 0 saturated heterocycles. The molecule has 44 heavy (non-hydrogen) atoms. The number of nitrogens with zero attached hydrogens (tertiary/aromatic N) is 1. The van der Waals surface area contributed by atoms with E-state index in [4.69, 9.17) is 14.2 Å². The number of nitrogens with one attached hydrogen (secondary N) is 1. The Bertz CT molecular complexity index is 1250. The molecule has 0 aromatic heterocycles. The zero-order valence-electron chi connectivity index (χ0n) is 25.3. The number of ether oxygens (including phenoxy) is 3. The molecule has 1 aromatic carbocycles. The summed E-state index contributed by atoms with van der Waals surface area (Å²) in [6, 6.07) is 1.24. The molecule has 244 valence electrons. The van der Waals surface area contributed by atoms with E-state index in [0.717, 1.165) is 18.9 Å². The van der Waals surface area contributed by atoms with E-state index in [1.807, 2.05) is 13.8 Å². The standard InChI is InChI=1S/C31H41F3N2O8/c1-16(2)19-6-5-17(3)9-23(19)43-14-25(39)36(15-31(32,33)34)22-12-21(30(41)35-7-8-37)26-20-10-18(13-38)11-24(42-4)28(20)44-29(26)27(22)40/h10-13,16-17,19,22-23,26-27,29,37,40H,5-9,14-15H2,1-4H3,(H,35,41)/t17-,19+,22+,23-,26-,27-,29-/m0/s1. The van der Waals surface area contributed by atoms with Crippen molar-refractivity contribution in [3.63, 3.8) is 0 Å². The van der Waals surface area contributed by atoms with Crippen LogP contribution in [0.5, 0.6) is 11.5 Å². The number of amides is 2. The Labute approximate surface area is 254 Å². The summed E-state index contributed by atoms with van der Waals surface area (Å²) in [5.74, 6) is -1.72. The number of aliphatic hydroxyl groups is 2. The minimum atomic E-state index is -4.83. The van der Waals surface area contributed by atoms with E-state index in [1.165, 1.54) is 19.2 Å². The van der Waals surface area contributed by atoms with Gasteiger partial charge < -0.3 is 34.6 Å². The fourth-order valence-electron chi connectivity index (χ4n) is 6.68. The van der Waals surface area contributed by atoms with Crippen molar-refractivity contribution in [2.45, 2.75) is 76.5 Å². The van der Waals surface area contributed by atoms with Gasteiger partial charge in [0.05, 0.1) is 31.8 Å². The van der Waals surface area contributed by atoms with Gasteiger partial charge in [-0.05, 0) is 48.8 Å². The maximum Gasteiger partial charge on any atom is 0.406 e. The van der Waals surface area contributed by atoms with Crippen LogP contribution >= 0.6 is 0 Å². The highest BCUT2D eigenvalue weighted by Crippen LogP contribution is 2.51. The third-order valence-corrected chi connectivity index (χ3v) is 8.82. The maximum absolute atomic E-state index is 13.9. The first-order valence-electron chi connectivity index (χ1n) is 14.9. The van der Waals surface area contributed by atoms with E-state index in [0.29, 0.717) is 29.1 Å². The molecule has 3 aliphatic rings. The van der Waals surface area contributed by atoms with Crippen LogP contribution in [0.15, 0.2) is 23.8 Å². The number of benzene rings is 1. The van der Waals surface area contributed by atoms with Crippen molar-refractivity contribution in [3.8, 4) is 11.5 Å². The van der Waals surface area contributed by atoms with Gasteiger partial charge in [0.25, 0.3) is 0 Å². The van der Waals surface area contributed by atoms with Gasteiger partial charge in [-0.25, -0.2) is 0 Å². The lowest BCUT2D eigenvalue weighted by Crippen LogP contribution is -2.58. The monoisotopic (exact) mass is 626 g/mol. The molecule has 7 atom stereocenters. The average Bonchev–Trinajstić information content (AvgIpc) is 3.36. The van der Waals surface area contributed by atoms with Crippen LogP contribution in [0.25, 0.3) is 0 Å². The van der Waals surface area contributed by atoms with E-state index >= 15 is 0 Å². The van der Waals surface area contributed by atoms with Crippen molar-refractivity contribution in [2.75, 3.05) is 33.4 Å². The molecular weight excluding hydrogens is 585 g/mol. The van der Waals surface area contributed by atoms with Crippen LogP contribution in [0.1, 0.15) is 61.9 Å². The molecule has 0 unspecified atom stereocenters. The number of carbonyl (C=O) groups excluding carboxylic acids is 3. The molecule has 0 radical (unpaired) electrons. The second kappa shape index (κ2) is 13.9. The van der Waals surface area contributed by atoms with Gasteiger partial charge in [0, 0.05) is 23.2 Å². The normalized spacial score (nSPS) is 28.0. The number of hydrogen-bond acceptors (Lipinski definition) is 8. The summed E-state index contributed by atoms with van der Waals surface area (Å²) in [7, 11) is 1.33. The quantitative estimate of drug-likeness (QED) is 0.319. The van der Waals surface area contributed by atoms with E-state index < -0.39 is 61.9 Å². The van der Waals surface area contributed by atoms with Crippen LogP contribution in [0.3, 0.4) is 0 Å². The van der Waals surface area contributed by atoms with Crippen LogP contribution in [0.4, 0.5) is 13.2 Å². The van der Waals surface area contributed by atoms with Crippen molar-refractivity contribution in [2.24, 2.45) is 17.8 Å². The van der Waals surface area contributed by atoms with E-state index in [9.17, 15) is 37.8 Å². The maximum atomic E-state index is 13.9. The van der Waals surface area contributed by atoms with Crippen LogP contribution in [0, 0.1) is 17.8 Å². The number of halogens is 3. The third kappa shape index (κ3) is 7.21. The lowest BCUT2D eigenvalue weighted by molar-refractivity contribution is -0.175. The van der Waals surface area contributed by atoms with Gasteiger partial charge in [-0.15, -0.1) is 0 Å². The molecule has 10 nitrogen and oxygen atoms in total. The predicted octanol–water partition coefficient (Wildman–Crippen LogP) is 3.00. The first-order chi connectivity index (χ1) is 20.8. The highest BCUT2D eigenvalue weighted by Gasteiger charge is 2.52. The Kier molecular flexibility index (Phi) is 10.6. The highest BCUT2D eigenvalue weighted by molar-refractivity contribution is 5.96. The number of aliphatic hydroxyl groups excluding tert-OH is 2. The van der Waals surface area contributed by atoms with Crippen molar-refractivity contribution in [1.82, 2.24) is 10.2 Å². The first kappa shape index (κ1) is 33.7. The summed E-state index contributed by atoms with van der Waals surface area (Å²) < 4.78 is 59.1. The summed E-state index contributed by atoms with van der Waals surface area (Å²) >= 11 is 0. The summed E-state index contributed by atoms with van der Waals surface area (Å²) in [5, 5.41) is 23.3. The Morgan fingerprint density at radius 1 is 1.25 bits per heavy atom. The Hall–Kier alpha value is -3.16. The summed E-state index contributed by atoms with van der Waals surface area (Å²) in [4.78, 5) is 39.0. The minimum absolute atomic E-state index is 0.0792. The number of rotatable bonds is 11. The van der Waals surface area contributed by atoms with Crippen molar-refractivity contribution in [3.05, 3.63) is 34.9 Å². The molecular formula is C31H41F3N2O8. The topological polar surface area (TPSA) is 135 Å². The third-order valence-electron chi connectivity index (χ3n) is 8.82. The smallest absolute Gasteiger partial charge is 0.406 e. The van der Waals surface area contributed by atoms with E-state index in [2.05, 4.69) is 12.2 Å². The molecule has 4 rings (SSSR count). The molecule has 0 bridgehead atoms. The van der Waals surface area contributed by atoms with Crippen LogP contribution in [0.2, 0.25) is 0 Å². The molecule has 2 aliphatic carbocycles. The van der Waals surface area contributed by atoms with Gasteiger partial charge in [0.15, 0.2) is 11.5 Å². The highest BCUT2D eigenvalue weighted by atomic mass is 19.4. The first-order valence-corrected chi connectivity index (χ1v) is 14.9. The van der Waals surface area contributed by atoms with Gasteiger partial charge >= 0.3 is 6.18 Å². The lowest BCUT2D eigenvalue weighted by Gasteiger charge is -2.41. The van der Waals surface area contributed by atoms with Gasteiger partial charge in [-0.1, -0.05) is 27.2 Å². The van der Waals surface area contributed by atoms with Gasteiger partial charge in [-0.3, -0.25) is 14.4 Å². The van der Waals surface area contributed by atoms with Gasteiger partial charge in [0.1, 0.15) is 31.6 Å². The molecule has 1 aliphatic heterocycles. The molecule has 2 amide bonds. The van der Waals surface area contributed by atoms with E-state index in [-0.39, 0.29) is 47.1 Å². The second-order valence-electron chi connectivity index (χ2n) is 12.2. The molecule has 0 spiro atoms. The Morgan fingerprint density at radius 3 is 2.59 bits per heavy atom. The fraction of sp³-hybridized carbons (Fsp3) is 0.645. The van der Waals surface area contributed by atoms with Crippen molar-refractivity contribution >= 4 is 18.1 Å². The Balaban J connectivity index is 1.71. The number of fused-ring (bicyclic) bond motifs is 3.